The molecular formula is C16H14Cl2N2O2. The third-order valence-electron chi connectivity index (χ3n) is 3.31. The smallest absolute Gasteiger partial charge is 0.265 e. The molecule has 0 aliphatic heterocycles. The number of carbonyl (C=O) groups excluding carboxylic acids is 2. The fourth-order valence-electron chi connectivity index (χ4n) is 2.04. The average molecular weight is 337 g/mol. The highest BCUT2D eigenvalue weighted by atomic mass is 35.5. The maximum absolute atomic E-state index is 11.3. The standard InChI is InChI=1S/C16H14Cl2N2O2/c17-19-15(21)13-7-3-11(4-8-13)1-2-12-5-9-14(10-6-12)16(22)20-18/h3-10H,1-2H2,(H,19,21)(H,20,22). The lowest BCUT2D eigenvalue weighted by molar-refractivity contribution is 0.0973. The molecule has 4 nitrogen and oxygen atoms in total. The first-order valence-corrected chi connectivity index (χ1v) is 7.39. The minimum Gasteiger partial charge on any atom is -0.268 e. The molecule has 22 heavy (non-hydrogen) atoms. The summed E-state index contributed by atoms with van der Waals surface area (Å²) in [5, 5.41) is 0. The first kappa shape index (κ1) is 16.3. The molecule has 6 heteroatoms. The summed E-state index contributed by atoms with van der Waals surface area (Å²) < 4.78 is 0. The zero-order valence-electron chi connectivity index (χ0n) is 11.6. The second kappa shape index (κ2) is 7.82. The van der Waals surface area contributed by atoms with Gasteiger partial charge in [0.2, 0.25) is 0 Å². The van der Waals surface area contributed by atoms with Crippen LogP contribution in [0.5, 0.6) is 0 Å². The first-order valence-electron chi connectivity index (χ1n) is 6.64. The molecule has 0 bridgehead atoms. The van der Waals surface area contributed by atoms with E-state index in [2.05, 4.69) is 9.67 Å². The summed E-state index contributed by atoms with van der Waals surface area (Å²) in [5.41, 5.74) is 3.28. The van der Waals surface area contributed by atoms with Crippen LogP contribution in [0.3, 0.4) is 0 Å². The Hall–Kier alpha value is -2.04. The zero-order chi connectivity index (χ0) is 15.9. The van der Waals surface area contributed by atoms with Crippen molar-refractivity contribution in [3.05, 3.63) is 70.8 Å². The fourth-order valence-corrected chi connectivity index (χ4v) is 2.26. The van der Waals surface area contributed by atoms with Gasteiger partial charge in [0, 0.05) is 34.7 Å². The van der Waals surface area contributed by atoms with Crippen LogP contribution in [0.1, 0.15) is 31.8 Å². The minimum atomic E-state index is -0.318. The number of aryl methyl sites for hydroxylation is 2. The second-order valence-corrected chi connectivity index (χ2v) is 5.12. The van der Waals surface area contributed by atoms with Gasteiger partial charge < -0.3 is 0 Å². The largest absolute Gasteiger partial charge is 0.268 e. The molecule has 0 saturated carbocycles. The second-order valence-electron chi connectivity index (χ2n) is 4.74. The van der Waals surface area contributed by atoms with Gasteiger partial charge in [-0.05, 0) is 48.2 Å². The zero-order valence-corrected chi connectivity index (χ0v) is 13.1. The third-order valence-corrected chi connectivity index (χ3v) is 3.65. The summed E-state index contributed by atoms with van der Waals surface area (Å²) in [5.74, 6) is -0.636. The highest BCUT2D eigenvalue weighted by molar-refractivity contribution is 6.24. The van der Waals surface area contributed by atoms with E-state index in [1.165, 1.54) is 0 Å². The summed E-state index contributed by atoms with van der Waals surface area (Å²) in [6, 6.07) is 14.5. The van der Waals surface area contributed by atoms with Gasteiger partial charge in [-0.3, -0.25) is 19.3 Å². The summed E-state index contributed by atoms with van der Waals surface area (Å²) in [6.07, 6.45) is 1.67. The molecule has 0 aliphatic carbocycles. The molecule has 0 unspecified atom stereocenters. The van der Waals surface area contributed by atoms with Crippen LogP contribution in [-0.2, 0) is 12.8 Å². The Kier molecular flexibility index (Phi) is 5.81. The van der Waals surface area contributed by atoms with Gasteiger partial charge in [-0.1, -0.05) is 24.3 Å². The number of nitrogens with one attached hydrogen (secondary N) is 2. The van der Waals surface area contributed by atoms with E-state index in [1.807, 2.05) is 24.3 Å². The molecule has 0 heterocycles. The Labute approximate surface area is 138 Å². The third kappa shape index (κ3) is 4.23. The summed E-state index contributed by atoms with van der Waals surface area (Å²) in [6.45, 7) is 0. The Morgan fingerprint density at radius 3 is 1.27 bits per heavy atom. The van der Waals surface area contributed by atoms with Crippen molar-refractivity contribution >= 4 is 35.4 Å². The lowest BCUT2D eigenvalue weighted by Crippen LogP contribution is -2.12. The van der Waals surface area contributed by atoms with E-state index in [9.17, 15) is 9.59 Å². The molecule has 0 aromatic heterocycles. The van der Waals surface area contributed by atoms with Crippen LogP contribution in [-0.4, -0.2) is 11.8 Å². The summed E-state index contributed by atoms with van der Waals surface area (Å²) in [4.78, 5) is 26.8. The number of carbonyl (C=O) groups is 2. The van der Waals surface area contributed by atoms with Gasteiger partial charge >= 0.3 is 0 Å². The number of rotatable bonds is 5. The summed E-state index contributed by atoms with van der Waals surface area (Å²) in [7, 11) is 0. The van der Waals surface area contributed by atoms with Crippen molar-refractivity contribution in [3.63, 3.8) is 0 Å². The van der Waals surface area contributed by atoms with E-state index in [-0.39, 0.29) is 11.8 Å². The van der Waals surface area contributed by atoms with Crippen LogP contribution in [0, 0.1) is 0 Å². The van der Waals surface area contributed by atoms with Crippen LogP contribution in [0.4, 0.5) is 0 Å². The van der Waals surface area contributed by atoms with Gasteiger partial charge in [0.25, 0.3) is 11.8 Å². The van der Waals surface area contributed by atoms with Gasteiger partial charge in [-0.15, -0.1) is 0 Å². The molecule has 0 radical (unpaired) electrons. The summed E-state index contributed by atoms with van der Waals surface area (Å²) >= 11 is 10.6. The maximum atomic E-state index is 11.3. The molecule has 2 aromatic rings. The van der Waals surface area contributed by atoms with Crippen LogP contribution in [0.2, 0.25) is 0 Å². The maximum Gasteiger partial charge on any atom is 0.265 e. The van der Waals surface area contributed by atoms with E-state index in [0.717, 1.165) is 24.0 Å². The molecular weight excluding hydrogens is 323 g/mol. The average Bonchev–Trinajstić information content (AvgIpc) is 2.59. The predicted octanol–water partition coefficient (Wildman–Crippen LogP) is 3.24. The van der Waals surface area contributed by atoms with Crippen molar-refractivity contribution in [1.82, 2.24) is 9.67 Å². The molecule has 0 fully saturated rings. The van der Waals surface area contributed by atoms with Gasteiger partial charge in [0.05, 0.1) is 0 Å². The van der Waals surface area contributed by atoms with E-state index in [4.69, 9.17) is 23.6 Å². The van der Waals surface area contributed by atoms with E-state index >= 15 is 0 Å². The molecule has 0 spiro atoms. The van der Waals surface area contributed by atoms with E-state index < -0.39 is 0 Å². The van der Waals surface area contributed by atoms with Crippen molar-refractivity contribution in [2.75, 3.05) is 0 Å². The minimum absolute atomic E-state index is 0.318. The Morgan fingerprint density at radius 1 is 0.682 bits per heavy atom. The van der Waals surface area contributed by atoms with Crippen molar-refractivity contribution < 1.29 is 9.59 Å². The molecule has 2 rings (SSSR count). The van der Waals surface area contributed by atoms with Crippen LogP contribution >= 0.6 is 23.6 Å². The Morgan fingerprint density at radius 2 is 1.00 bits per heavy atom. The monoisotopic (exact) mass is 336 g/mol. The Balaban J connectivity index is 1.95. The van der Waals surface area contributed by atoms with Crippen molar-refractivity contribution in [2.45, 2.75) is 12.8 Å². The van der Waals surface area contributed by atoms with Crippen molar-refractivity contribution in [2.24, 2.45) is 0 Å². The molecule has 114 valence electrons. The quantitative estimate of drug-likeness (QED) is 0.823. The lowest BCUT2D eigenvalue weighted by Gasteiger charge is -2.05. The number of hydrogen-bond acceptors (Lipinski definition) is 2. The number of halogens is 2. The highest BCUT2D eigenvalue weighted by Crippen LogP contribution is 2.11. The highest BCUT2D eigenvalue weighted by Gasteiger charge is 2.05. The molecule has 0 saturated heterocycles. The fraction of sp³-hybridized carbons (Fsp3) is 0.125. The first-order chi connectivity index (χ1) is 10.6. The number of amides is 2. The molecule has 2 amide bonds. The normalized spacial score (nSPS) is 10.1. The van der Waals surface area contributed by atoms with Gasteiger partial charge in [-0.2, -0.15) is 0 Å². The Bertz CT molecular complexity index is 595. The van der Waals surface area contributed by atoms with Crippen LogP contribution in [0.25, 0.3) is 0 Å². The SMILES string of the molecule is O=C(NCl)c1ccc(CCc2ccc(C(=O)NCl)cc2)cc1. The van der Waals surface area contributed by atoms with Gasteiger partial charge in [0.15, 0.2) is 0 Å². The van der Waals surface area contributed by atoms with Crippen LogP contribution < -0.4 is 9.67 Å². The molecule has 0 aliphatic rings. The predicted molar refractivity (Wildman–Crippen MR) is 86.9 cm³/mol. The van der Waals surface area contributed by atoms with Crippen molar-refractivity contribution in [3.8, 4) is 0 Å². The molecule has 0 atom stereocenters. The lowest BCUT2D eigenvalue weighted by atomic mass is 10.0. The van der Waals surface area contributed by atoms with Crippen LogP contribution in [0.15, 0.2) is 48.5 Å². The number of hydrogen-bond donors (Lipinski definition) is 2. The van der Waals surface area contributed by atoms with Gasteiger partial charge in [-0.25, -0.2) is 0 Å². The van der Waals surface area contributed by atoms with Crippen molar-refractivity contribution in [1.29, 1.82) is 0 Å². The van der Waals surface area contributed by atoms with E-state index in [1.54, 1.807) is 24.3 Å². The van der Waals surface area contributed by atoms with Gasteiger partial charge in [0.1, 0.15) is 0 Å². The number of benzene rings is 2. The molecule has 2 N–H and O–H groups in total. The molecule has 2 aromatic carbocycles. The van der Waals surface area contributed by atoms with E-state index in [0.29, 0.717) is 11.1 Å². The topological polar surface area (TPSA) is 58.2 Å².